The summed E-state index contributed by atoms with van der Waals surface area (Å²) in [6.07, 6.45) is 3.33. The van der Waals surface area contributed by atoms with Gasteiger partial charge in [-0.05, 0) is 64.2 Å². The molecule has 0 bridgehead atoms. The number of nitriles is 1. The average molecular weight is 256 g/mol. The van der Waals surface area contributed by atoms with Crippen LogP contribution in [0.5, 0.6) is 0 Å². The molecule has 1 aromatic rings. The predicted octanol–water partition coefficient (Wildman–Crippen LogP) is 3.53. The Balaban J connectivity index is 2.29. The van der Waals surface area contributed by atoms with Crippen molar-refractivity contribution in [3.05, 3.63) is 34.9 Å². The van der Waals surface area contributed by atoms with Crippen LogP contribution in [-0.4, -0.2) is 23.0 Å². The normalized spacial score (nSPS) is 18.7. The van der Waals surface area contributed by atoms with Gasteiger partial charge in [0, 0.05) is 18.1 Å². The summed E-state index contributed by atoms with van der Waals surface area (Å²) >= 11 is 0. The SMILES string of the molecule is CC(C)N(C(C)C)C1CCc2cccc(C#N)c2C1. The van der Waals surface area contributed by atoms with E-state index in [2.05, 4.69) is 44.7 Å². The minimum atomic E-state index is 0.556. The minimum absolute atomic E-state index is 0.556. The predicted molar refractivity (Wildman–Crippen MR) is 79.1 cm³/mol. The fraction of sp³-hybridized carbons (Fsp3) is 0.588. The third-order valence-electron chi connectivity index (χ3n) is 4.19. The monoisotopic (exact) mass is 256 g/mol. The Morgan fingerprint density at radius 1 is 1.21 bits per heavy atom. The maximum atomic E-state index is 9.27. The number of benzene rings is 1. The number of hydrogen-bond donors (Lipinski definition) is 0. The summed E-state index contributed by atoms with van der Waals surface area (Å²) in [5.41, 5.74) is 3.53. The zero-order valence-corrected chi connectivity index (χ0v) is 12.5. The third kappa shape index (κ3) is 2.82. The highest BCUT2D eigenvalue weighted by atomic mass is 15.2. The van der Waals surface area contributed by atoms with Crippen molar-refractivity contribution in [1.82, 2.24) is 4.90 Å². The van der Waals surface area contributed by atoms with Crippen molar-refractivity contribution >= 4 is 0 Å². The molecule has 2 nitrogen and oxygen atoms in total. The van der Waals surface area contributed by atoms with Crippen LogP contribution in [0.15, 0.2) is 18.2 Å². The van der Waals surface area contributed by atoms with Gasteiger partial charge in [0.15, 0.2) is 0 Å². The second kappa shape index (κ2) is 5.75. The molecule has 1 aliphatic carbocycles. The highest BCUT2D eigenvalue weighted by Gasteiger charge is 2.28. The molecule has 0 radical (unpaired) electrons. The molecule has 1 unspecified atom stereocenters. The van der Waals surface area contributed by atoms with Gasteiger partial charge in [0.05, 0.1) is 11.6 Å². The van der Waals surface area contributed by atoms with Crippen LogP contribution in [0.25, 0.3) is 0 Å². The second-order valence-electron chi connectivity index (χ2n) is 6.09. The summed E-state index contributed by atoms with van der Waals surface area (Å²) in [4.78, 5) is 2.59. The molecule has 0 amide bonds. The Morgan fingerprint density at radius 2 is 1.89 bits per heavy atom. The molecule has 0 spiro atoms. The standard InChI is InChI=1S/C17H24N2/c1-12(2)19(13(3)4)16-9-8-14-6-5-7-15(11-18)17(14)10-16/h5-7,12-13,16H,8-10H2,1-4H3. The first kappa shape index (κ1) is 14.1. The first-order valence-electron chi connectivity index (χ1n) is 7.33. The van der Waals surface area contributed by atoms with Crippen LogP contribution in [0, 0.1) is 11.3 Å². The first-order valence-corrected chi connectivity index (χ1v) is 7.33. The molecular formula is C17H24N2. The molecular weight excluding hydrogens is 232 g/mol. The summed E-state index contributed by atoms with van der Waals surface area (Å²) in [7, 11) is 0. The summed E-state index contributed by atoms with van der Waals surface area (Å²) in [5, 5.41) is 9.27. The summed E-state index contributed by atoms with van der Waals surface area (Å²) in [6.45, 7) is 9.08. The molecule has 0 fully saturated rings. The van der Waals surface area contributed by atoms with E-state index in [9.17, 15) is 5.26 Å². The molecule has 0 saturated carbocycles. The summed E-state index contributed by atoms with van der Waals surface area (Å²) in [6, 6.07) is 10.2. The Labute approximate surface area is 117 Å². The van der Waals surface area contributed by atoms with Crippen LogP contribution in [0.2, 0.25) is 0 Å². The van der Waals surface area contributed by atoms with Crippen LogP contribution in [-0.2, 0) is 12.8 Å². The van der Waals surface area contributed by atoms with E-state index < -0.39 is 0 Å². The van der Waals surface area contributed by atoms with Crippen molar-refractivity contribution in [3.63, 3.8) is 0 Å². The number of hydrogen-bond acceptors (Lipinski definition) is 2. The van der Waals surface area contributed by atoms with Crippen LogP contribution in [0.1, 0.15) is 50.8 Å². The number of rotatable bonds is 3. The molecule has 0 saturated heterocycles. The quantitative estimate of drug-likeness (QED) is 0.827. The van der Waals surface area contributed by atoms with E-state index in [4.69, 9.17) is 0 Å². The van der Waals surface area contributed by atoms with Crippen molar-refractivity contribution < 1.29 is 0 Å². The lowest BCUT2D eigenvalue weighted by molar-refractivity contribution is 0.102. The van der Waals surface area contributed by atoms with Crippen molar-refractivity contribution in [2.24, 2.45) is 0 Å². The Morgan fingerprint density at radius 3 is 2.47 bits per heavy atom. The Hall–Kier alpha value is -1.33. The largest absolute Gasteiger partial charge is 0.295 e. The lowest BCUT2D eigenvalue weighted by Crippen LogP contribution is -2.47. The van der Waals surface area contributed by atoms with Crippen LogP contribution >= 0.6 is 0 Å². The van der Waals surface area contributed by atoms with Crippen molar-refractivity contribution in [3.8, 4) is 6.07 Å². The van der Waals surface area contributed by atoms with Gasteiger partial charge in [-0.15, -0.1) is 0 Å². The van der Waals surface area contributed by atoms with E-state index in [-0.39, 0.29) is 0 Å². The topological polar surface area (TPSA) is 27.0 Å². The molecule has 1 aromatic carbocycles. The van der Waals surface area contributed by atoms with Crippen molar-refractivity contribution in [2.75, 3.05) is 0 Å². The van der Waals surface area contributed by atoms with Gasteiger partial charge in [-0.2, -0.15) is 5.26 Å². The lowest BCUT2D eigenvalue weighted by Gasteiger charge is -2.41. The van der Waals surface area contributed by atoms with Gasteiger partial charge in [0.25, 0.3) is 0 Å². The number of fused-ring (bicyclic) bond motifs is 1. The highest BCUT2D eigenvalue weighted by molar-refractivity contribution is 5.44. The lowest BCUT2D eigenvalue weighted by atomic mass is 9.84. The molecule has 2 rings (SSSR count). The maximum Gasteiger partial charge on any atom is 0.0994 e. The van der Waals surface area contributed by atoms with Gasteiger partial charge in [0.2, 0.25) is 0 Å². The maximum absolute atomic E-state index is 9.27. The molecule has 2 heteroatoms. The van der Waals surface area contributed by atoms with Gasteiger partial charge in [-0.25, -0.2) is 0 Å². The molecule has 0 N–H and O–H groups in total. The van der Waals surface area contributed by atoms with E-state index in [1.807, 2.05) is 12.1 Å². The average Bonchev–Trinajstić information content (AvgIpc) is 2.37. The van der Waals surface area contributed by atoms with Gasteiger partial charge < -0.3 is 0 Å². The zero-order valence-electron chi connectivity index (χ0n) is 12.5. The van der Waals surface area contributed by atoms with Crippen molar-refractivity contribution in [1.29, 1.82) is 5.26 Å². The molecule has 0 aliphatic heterocycles. The number of nitrogens with zero attached hydrogens (tertiary/aromatic N) is 2. The summed E-state index contributed by atoms with van der Waals surface area (Å²) < 4.78 is 0. The van der Waals surface area contributed by atoms with Gasteiger partial charge in [0.1, 0.15) is 0 Å². The van der Waals surface area contributed by atoms with E-state index in [1.165, 1.54) is 17.5 Å². The molecule has 19 heavy (non-hydrogen) atoms. The molecule has 0 heterocycles. The van der Waals surface area contributed by atoms with Crippen molar-refractivity contribution in [2.45, 2.75) is 65.1 Å². The molecule has 102 valence electrons. The van der Waals surface area contributed by atoms with Crippen LogP contribution in [0.3, 0.4) is 0 Å². The van der Waals surface area contributed by atoms with Crippen LogP contribution in [0.4, 0.5) is 0 Å². The number of aryl methyl sites for hydroxylation is 1. The van der Waals surface area contributed by atoms with Gasteiger partial charge in [-0.1, -0.05) is 12.1 Å². The smallest absolute Gasteiger partial charge is 0.0994 e. The highest BCUT2D eigenvalue weighted by Crippen LogP contribution is 2.29. The van der Waals surface area contributed by atoms with E-state index in [1.54, 1.807) is 0 Å². The Bertz CT molecular complexity index is 475. The second-order valence-corrected chi connectivity index (χ2v) is 6.09. The van der Waals surface area contributed by atoms with E-state index in [0.717, 1.165) is 18.4 Å². The van der Waals surface area contributed by atoms with E-state index in [0.29, 0.717) is 18.1 Å². The third-order valence-corrected chi connectivity index (χ3v) is 4.19. The fourth-order valence-corrected chi connectivity index (χ4v) is 3.57. The van der Waals surface area contributed by atoms with Crippen LogP contribution < -0.4 is 0 Å². The summed E-state index contributed by atoms with van der Waals surface area (Å²) in [5.74, 6) is 0. The van der Waals surface area contributed by atoms with E-state index >= 15 is 0 Å². The minimum Gasteiger partial charge on any atom is -0.295 e. The molecule has 1 atom stereocenters. The van der Waals surface area contributed by atoms with Gasteiger partial charge >= 0.3 is 0 Å². The molecule has 0 aromatic heterocycles. The first-order chi connectivity index (χ1) is 9.04. The molecule has 1 aliphatic rings. The fourth-order valence-electron chi connectivity index (χ4n) is 3.57. The van der Waals surface area contributed by atoms with Gasteiger partial charge in [-0.3, -0.25) is 4.90 Å². The Kier molecular flexibility index (Phi) is 4.27. The zero-order chi connectivity index (χ0) is 14.0.